The molecule has 1 heterocycles. The van der Waals surface area contributed by atoms with Crippen LogP contribution < -0.4 is 0 Å². The number of aryl methyl sites for hydroxylation is 1. The molecule has 2 nitrogen and oxygen atoms in total. The minimum absolute atomic E-state index is 0.469. The van der Waals surface area contributed by atoms with E-state index in [1.807, 2.05) is 13.0 Å². The molecule has 2 aromatic rings. The lowest BCUT2D eigenvalue weighted by Crippen LogP contribution is -2.41. The van der Waals surface area contributed by atoms with E-state index in [2.05, 4.69) is 57.2 Å². The van der Waals surface area contributed by atoms with E-state index in [0.717, 1.165) is 36.4 Å². The molecule has 1 aliphatic carbocycles. The number of benzene rings is 1. The first kappa shape index (κ1) is 19.1. The summed E-state index contributed by atoms with van der Waals surface area (Å²) in [6.07, 6.45) is 8.52. The fraction of sp³-hybridized carbons (Fsp3) is 0.435. The molecule has 0 unspecified atom stereocenters. The van der Waals surface area contributed by atoms with E-state index < -0.39 is 5.60 Å². The van der Waals surface area contributed by atoms with E-state index in [0.29, 0.717) is 5.92 Å². The Hall–Kier alpha value is -1.71. The Balaban J connectivity index is 1.87. The topological polar surface area (TPSA) is 33.1 Å². The highest BCUT2D eigenvalue weighted by atomic mass is 32.1. The van der Waals surface area contributed by atoms with Crippen molar-refractivity contribution in [2.24, 2.45) is 5.92 Å². The van der Waals surface area contributed by atoms with Gasteiger partial charge in [0.15, 0.2) is 0 Å². The molecule has 26 heavy (non-hydrogen) atoms. The molecule has 1 fully saturated rings. The van der Waals surface area contributed by atoms with Crippen LogP contribution in [0.2, 0.25) is 0 Å². The van der Waals surface area contributed by atoms with Crippen molar-refractivity contribution in [3.63, 3.8) is 0 Å². The minimum atomic E-state index is -0.469. The molecule has 1 aliphatic rings. The zero-order valence-corrected chi connectivity index (χ0v) is 17.1. The van der Waals surface area contributed by atoms with Crippen molar-refractivity contribution in [2.45, 2.75) is 59.0 Å². The Morgan fingerprint density at radius 3 is 2.58 bits per heavy atom. The summed E-state index contributed by atoms with van der Waals surface area (Å²) >= 11 is 1.76. The molecule has 138 valence electrons. The summed E-state index contributed by atoms with van der Waals surface area (Å²) in [5, 5.41) is 11.2. The smallest absolute Gasteiger partial charge is 0.0908 e. The molecule has 0 spiro atoms. The maximum atomic E-state index is 10.1. The first-order valence-electron chi connectivity index (χ1n) is 9.52. The highest BCUT2D eigenvalue weighted by Gasteiger charge is 2.39. The van der Waals surface area contributed by atoms with Gasteiger partial charge < -0.3 is 5.11 Å². The number of allylic oxidation sites excluding steroid dienone is 4. The van der Waals surface area contributed by atoms with Crippen LogP contribution in [0.5, 0.6) is 0 Å². The van der Waals surface area contributed by atoms with Crippen LogP contribution in [0.1, 0.15) is 57.2 Å². The second kappa shape index (κ2) is 7.89. The zero-order valence-electron chi connectivity index (χ0n) is 16.2. The van der Waals surface area contributed by atoms with Gasteiger partial charge in [-0.3, -0.25) is 0 Å². The van der Waals surface area contributed by atoms with Gasteiger partial charge in [-0.2, -0.15) is 0 Å². The van der Waals surface area contributed by atoms with Gasteiger partial charge in [0.25, 0.3) is 0 Å². The maximum absolute atomic E-state index is 10.1. The molecule has 1 aromatic heterocycles. The van der Waals surface area contributed by atoms with Crippen molar-refractivity contribution >= 4 is 16.9 Å². The van der Waals surface area contributed by atoms with Gasteiger partial charge in [-0.1, -0.05) is 61.4 Å². The van der Waals surface area contributed by atoms with E-state index in [9.17, 15) is 5.11 Å². The number of hydrogen-bond donors (Lipinski definition) is 1. The van der Waals surface area contributed by atoms with Crippen molar-refractivity contribution < 1.29 is 5.11 Å². The normalized spacial score (nSPS) is 23.8. The van der Waals surface area contributed by atoms with Crippen LogP contribution >= 0.6 is 11.3 Å². The van der Waals surface area contributed by atoms with Crippen LogP contribution in [0.25, 0.3) is 16.0 Å². The summed E-state index contributed by atoms with van der Waals surface area (Å²) in [5.74, 6) is 0.528. The van der Waals surface area contributed by atoms with Crippen LogP contribution in [-0.2, 0) is 0 Å². The van der Waals surface area contributed by atoms with Gasteiger partial charge in [0.05, 0.1) is 21.2 Å². The molecule has 0 radical (unpaired) electrons. The van der Waals surface area contributed by atoms with E-state index in [1.54, 1.807) is 11.3 Å². The summed E-state index contributed by atoms with van der Waals surface area (Å²) in [6, 6.07) is 10.5. The van der Waals surface area contributed by atoms with Crippen molar-refractivity contribution in [2.75, 3.05) is 0 Å². The fourth-order valence-corrected chi connectivity index (χ4v) is 4.76. The number of nitrogens with zero attached hydrogens (tertiary/aromatic N) is 1. The average Bonchev–Trinajstić information content (AvgIpc) is 2.99. The molecule has 0 amide bonds. The van der Waals surface area contributed by atoms with E-state index >= 15 is 0 Å². The van der Waals surface area contributed by atoms with Gasteiger partial charge in [-0.05, 0) is 57.1 Å². The first-order chi connectivity index (χ1) is 12.4. The molecule has 1 N–H and O–H groups in total. The average molecular weight is 368 g/mol. The predicted octanol–water partition coefficient (Wildman–Crippen LogP) is 6.41. The summed E-state index contributed by atoms with van der Waals surface area (Å²) in [6.45, 7) is 8.39. The molecule has 0 bridgehead atoms. The third-order valence-electron chi connectivity index (χ3n) is 5.13. The van der Waals surface area contributed by atoms with E-state index in [4.69, 9.17) is 4.98 Å². The molecule has 0 atom stereocenters. The second-order valence-corrected chi connectivity index (χ2v) is 8.92. The minimum Gasteiger partial charge on any atom is -0.390 e. The SMILES string of the molecule is CCC/C(=C\C=C(/C)c1nc(C)sc1-c1ccccc1)C1CC(C)(O)C1. The van der Waals surface area contributed by atoms with Crippen molar-refractivity contribution in [3.05, 3.63) is 58.8 Å². The van der Waals surface area contributed by atoms with Gasteiger partial charge in [0, 0.05) is 0 Å². The van der Waals surface area contributed by atoms with Gasteiger partial charge in [-0.15, -0.1) is 11.3 Å². The van der Waals surface area contributed by atoms with Crippen LogP contribution in [0.3, 0.4) is 0 Å². The number of thiazole rings is 1. The van der Waals surface area contributed by atoms with Crippen molar-refractivity contribution in [3.8, 4) is 10.4 Å². The quantitative estimate of drug-likeness (QED) is 0.598. The molecule has 1 saturated carbocycles. The predicted molar refractivity (Wildman–Crippen MR) is 112 cm³/mol. The van der Waals surface area contributed by atoms with Crippen LogP contribution in [0.4, 0.5) is 0 Å². The summed E-state index contributed by atoms with van der Waals surface area (Å²) in [4.78, 5) is 6.04. The van der Waals surface area contributed by atoms with Crippen molar-refractivity contribution in [1.29, 1.82) is 0 Å². The molecular formula is C23H29NOS. The number of hydrogen-bond acceptors (Lipinski definition) is 3. The van der Waals surface area contributed by atoms with E-state index in [1.165, 1.54) is 21.6 Å². The Morgan fingerprint density at radius 1 is 1.27 bits per heavy atom. The second-order valence-electron chi connectivity index (χ2n) is 7.72. The lowest BCUT2D eigenvalue weighted by Gasteiger charge is -2.42. The Kier molecular flexibility index (Phi) is 5.79. The number of aromatic nitrogens is 1. The monoisotopic (exact) mass is 367 g/mol. The highest BCUT2D eigenvalue weighted by Crippen LogP contribution is 2.43. The lowest BCUT2D eigenvalue weighted by molar-refractivity contribution is -0.0458. The Bertz CT molecular complexity index is 806. The third-order valence-corrected chi connectivity index (χ3v) is 6.15. The standard InChI is InChI=1S/C23H29NOS/c1-5-9-18(20-14-23(4,25)15-20)13-12-16(2)21-22(26-17(3)24-21)19-10-7-6-8-11-19/h6-8,10-13,20,25H,5,9,14-15H2,1-4H3/b16-12+,18-13+. The van der Waals surface area contributed by atoms with Gasteiger partial charge in [-0.25, -0.2) is 4.98 Å². The number of aliphatic hydroxyl groups is 1. The first-order valence-corrected chi connectivity index (χ1v) is 10.3. The molecule has 1 aromatic carbocycles. The summed E-state index contributed by atoms with van der Waals surface area (Å²) in [5.41, 5.74) is 4.52. The third kappa shape index (κ3) is 4.33. The van der Waals surface area contributed by atoms with Crippen molar-refractivity contribution in [1.82, 2.24) is 4.98 Å². The Morgan fingerprint density at radius 2 is 1.96 bits per heavy atom. The molecular weight excluding hydrogens is 338 g/mol. The van der Waals surface area contributed by atoms with Crippen LogP contribution in [-0.4, -0.2) is 15.7 Å². The fourth-order valence-electron chi connectivity index (χ4n) is 3.77. The molecule has 3 rings (SSSR count). The zero-order chi connectivity index (χ0) is 18.7. The van der Waals surface area contributed by atoms with E-state index in [-0.39, 0.29) is 0 Å². The molecule has 0 aliphatic heterocycles. The van der Waals surface area contributed by atoms with Crippen LogP contribution in [0, 0.1) is 12.8 Å². The summed E-state index contributed by atoms with van der Waals surface area (Å²) in [7, 11) is 0. The molecule has 0 saturated heterocycles. The highest BCUT2D eigenvalue weighted by molar-refractivity contribution is 7.15. The Labute approximate surface area is 161 Å². The lowest BCUT2D eigenvalue weighted by atomic mass is 9.68. The van der Waals surface area contributed by atoms with Gasteiger partial charge in [0.1, 0.15) is 0 Å². The number of rotatable bonds is 6. The summed E-state index contributed by atoms with van der Waals surface area (Å²) < 4.78 is 0. The van der Waals surface area contributed by atoms with Gasteiger partial charge in [0.2, 0.25) is 0 Å². The van der Waals surface area contributed by atoms with Gasteiger partial charge >= 0.3 is 0 Å². The largest absolute Gasteiger partial charge is 0.390 e. The molecule has 3 heteroatoms. The maximum Gasteiger partial charge on any atom is 0.0908 e. The van der Waals surface area contributed by atoms with Crippen LogP contribution in [0.15, 0.2) is 48.1 Å².